The minimum Gasteiger partial charge on any atom is -0.376 e. The molecule has 222 valence electrons. The molecule has 1 aliphatic heterocycles. The van der Waals surface area contributed by atoms with Crippen LogP contribution in [0.1, 0.15) is 71.4 Å². The van der Waals surface area contributed by atoms with Crippen LogP contribution in [-0.4, -0.2) is 60.5 Å². The number of anilines is 2. The van der Waals surface area contributed by atoms with Gasteiger partial charge in [0.05, 0.1) is 21.8 Å². The molecule has 0 saturated heterocycles. The molecular weight excluding hydrogens is 534 g/mol. The zero-order valence-corrected chi connectivity index (χ0v) is 26.2. The summed E-state index contributed by atoms with van der Waals surface area (Å²) in [4.78, 5) is 12.3. The van der Waals surface area contributed by atoms with E-state index >= 15 is 0 Å². The van der Waals surface area contributed by atoms with Crippen molar-refractivity contribution in [3.8, 4) is 0 Å². The molecule has 0 unspecified atom stereocenters. The number of nitrogens with zero attached hydrogens (tertiary/aromatic N) is 3. The van der Waals surface area contributed by atoms with Crippen LogP contribution < -0.4 is 15.5 Å². The third-order valence-electron chi connectivity index (χ3n) is 8.19. The SMILES string of the molecule is Cc1ccc2nc(N3CCS(=O)(=O)c4ccccc4C3)nc(NCC3(NC(C)(C)CCOC(C)(C)C)CCC3)c2c1. The van der Waals surface area contributed by atoms with E-state index < -0.39 is 9.84 Å². The van der Waals surface area contributed by atoms with Crippen LogP contribution in [0.4, 0.5) is 11.8 Å². The Labute approximate surface area is 245 Å². The number of aryl methyl sites for hydroxylation is 1. The van der Waals surface area contributed by atoms with Gasteiger partial charge >= 0.3 is 0 Å². The summed E-state index contributed by atoms with van der Waals surface area (Å²) in [6.07, 6.45) is 4.31. The first-order chi connectivity index (χ1) is 19.2. The third kappa shape index (κ3) is 7.01. The zero-order chi connectivity index (χ0) is 29.5. The van der Waals surface area contributed by atoms with Crippen molar-refractivity contribution in [2.75, 3.05) is 35.7 Å². The second-order valence-electron chi connectivity index (χ2n) is 13.4. The van der Waals surface area contributed by atoms with Gasteiger partial charge in [-0.3, -0.25) is 0 Å². The zero-order valence-electron chi connectivity index (χ0n) is 25.4. The van der Waals surface area contributed by atoms with Crippen LogP contribution in [0, 0.1) is 6.92 Å². The smallest absolute Gasteiger partial charge is 0.228 e. The van der Waals surface area contributed by atoms with Gasteiger partial charge in [0.25, 0.3) is 0 Å². The molecule has 5 rings (SSSR count). The molecule has 0 amide bonds. The van der Waals surface area contributed by atoms with Gasteiger partial charge in [-0.05, 0) is 91.0 Å². The van der Waals surface area contributed by atoms with Crippen molar-refractivity contribution in [2.45, 2.75) is 95.3 Å². The summed E-state index contributed by atoms with van der Waals surface area (Å²) in [5.41, 5.74) is 2.52. The predicted octanol–water partition coefficient (Wildman–Crippen LogP) is 5.64. The van der Waals surface area contributed by atoms with Crippen molar-refractivity contribution in [3.63, 3.8) is 0 Å². The normalized spacial score (nSPS) is 18.4. The van der Waals surface area contributed by atoms with E-state index in [-0.39, 0.29) is 22.4 Å². The Morgan fingerprint density at radius 3 is 2.51 bits per heavy atom. The number of sulfone groups is 1. The van der Waals surface area contributed by atoms with Crippen LogP contribution in [0.3, 0.4) is 0 Å². The van der Waals surface area contributed by atoms with Crippen molar-refractivity contribution < 1.29 is 13.2 Å². The highest BCUT2D eigenvalue weighted by Gasteiger charge is 2.41. The Balaban J connectivity index is 1.39. The fourth-order valence-electron chi connectivity index (χ4n) is 5.83. The summed E-state index contributed by atoms with van der Waals surface area (Å²) in [7, 11) is -3.37. The van der Waals surface area contributed by atoms with E-state index in [0.29, 0.717) is 30.5 Å². The first-order valence-corrected chi connectivity index (χ1v) is 16.4. The molecule has 2 N–H and O–H groups in total. The number of hydrogen-bond donors (Lipinski definition) is 2. The fourth-order valence-corrected chi connectivity index (χ4v) is 7.33. The fraction of sp³-hybridized carbons (Fsp3) is 0.562. The number of nitrogens with one attached hydrogen (secondary N) is 2. The summed E-state index contributed by atoms with van der Waals surface area (Å²) >= 11 is 0. The van der Waals surface area contributed by atoms with Crippen LogP contribution in [0.15, 0.2) is 47.4 Å². The third-order valence-corrected chi connectivity index (χ3v) is 9.98. The average Bonchev–Trinajstić information content (AvgIpc) is 3.00. The average molecular weight is 580 g/mol. The van der Waals surface area contributed by atoms with Crippen molar-refractivity contribution >= 4 is 32.5 Å². The second kappa shape index (κ2) is 11.2. The topological polar surface area (TPSA) is 96.5 Å². The van der Waals surface area contributed by atoms with Gasteiger partial charge in [0.15, 0.2) is 9.84 Å². The monoisotopic (exact) mass is 579 g/mol. The minimum atomic E-state index is -3.37. The van der Waals surface area contributed by atoms with E-state index in [1.54, 1.807) is 12.1 Å². The molecular formula is C32H45N5O3S. The molecule has 8 nitrogen and oxygen atoms in total. The van der Waals surface area contributed by atoms with E-state index in [4.69, 9.17) is 14.7 Å². The maximum atomic E-state index is 13.0. The highest BCUT2D eigenvalue weighted by Crippen LogP contribution is 2.36. The van der Waals surface area contributed by atoms with Crippen LogP contribution in [0.25, 0.3) is 10.9 Å². The molecule has 1 saturated carbocycles. The van der Waals surface area contributed by atoms with Gasteiger partial charge in [0, 0.05) is 42.7 Å². The lowest BCUT2D eigenvalue weighted by atomic mass is 9.74. The van der Waals surface area contributed by atoms with Crippen LogP contribution in [0.5, 0.6) is 0 Å². The second-order valence-corrected chi connectivity index (χ2v) is 15.5. The number of ether oxygens (including phenoxy) is 1. The Morgan fingerprint density at radius 1 is 1.05 bits per heavy atom. The Kier molecular flexibility index (Phi) is 8.09. The van der Waals surface area contributed by atoms with Crippen LogP contribution in [0.2, 0.25) is 0 Å². The van der Waals surface area contributed by atoms with Crippen molar-refractivity contribution in [3.05, 3.63) is 53.6 Å². The molecule has 2 heterocycles. The highest BCUT2D eigenvalue weighted by molar-refractivity contribution is 7.91. The Morgan fingerprint density at radius 2 is 1.80 bits per heavy atom. The predicted molar refractivity (Wildman–Crippen MR) is 166 cm³/mol. The molecule has 0 atom stereocenters. The number of fused-ring (bicyclic) bond motifs is 2. The van der Waals surface area contributed by atoms with Gasteiger partial charge in [-0.15, -0.1) is 0 Å². The molecule has 1 aromatic heterocycles. The molecule has 0 bridgehead atoms. The summed E-state index contributed by atoms with van der Waals surface area (Å²) in [5, 5.41) is 8.64. The highest BCUT2D eigenvalue weighted by atomic mass is 32.2. The summed E-state index contributed by atoms with van der Waals surface area (Å²) in [5.74, 6) is 1.37. The van der Waals surface area contributed by atoms with E-state index in [2.05, 4.69) is 64.3 Å². The maximum Gasteiger partial charge on any atom is 0.228 e. The number of benzene rings is 2. The Hall–Kier alpha value is -2.75. The molecule has 1 aliphatic carbocycles. The molecule has 0 spiro atoms. The molecule has 2 aliphatic rings. The number of hydrogen-bond acceptors (Lipinski definition) is 8. The maximum absolute atomic E-state index is 13.0. The first kappa shape index (κ1) is 29.7. The van der Waals surface area contributed by atoms with E-state index in [1.165, 1.54) is 6.42 Å². The lowest BCUT2D eigenvalue weighted by Gasteiger charge is -2.48. The molecule has 2 aromatic carbocycles. The molecule has 3 aromatic rings. The molecule has 1 fully saturated rings. The van der Waals surface area contributed by atoms with Gasteiger partial charge in [0.1, 0.15) is 5.82 Å². The van der Waals surface area contributed by atoms with E-state index in [0.717, 1.165) is 53.7 Å². The number of rotatable bonds is 9. The molecule has 41 heavy (non-hydrogen) atoms. The van der Waals surface area contributed by atoms with Crippen molar-refractivity contribution in [2.24, 2.45) is 0 Å². The standard InChI is InChI=1S/C32H45N5O3S/c1-23-12-13-26-25(20-23)28(33-22-32(14-9-15-32)36-31(5,6)16-18-40-30(2,3)4)35-29(34-26)37-17-19-41(38,39)27-11-8-7-10-24(27)21-37/h7-8,10-13,20,36H,9,14-19,21-22H2,1-6H3,(H,33,34,35). The van der Waals surface area contributed by atoms with Gasteiger partial charge in [0.2, 0.25) is 5.95 Å². The van der Waals surface area contributed by atoms with Crippen molar-refractivity contribution in [1.82, 2.24) is 15.3 Å². The lowest BCUT2D eigenvalue weighted by Crippen LogP contribution is -2.62. The van der Waals surface area contributed by atoms with Crippen LogP contribution >= 0.6 is 0 Å². The van der Waals surface area contributed by atoms with Crippen LogP contribution in [-0.2, 0) is 21.1 Å². The first-order valence-electron chi connectivity index (χ1n) is 14.8. The number of aromatic nitrogens is 2. The summed E-state index contributed by atoms with van der Waals surface area (Å²) < 4.78 is 32.0. The van der Waals surface area contributed by atoms with Gasteiger partial charge in [-0.1, -0.05) is 29.8 Å². The van der Waals surface area contributed by atoms with E-state index in [1.807, 2.05) is 23.1 Å². The van der Waals surface area contributed by atoms with Gasteiger partial charge in [-0.2, -0.15) is 4.98 Å². The van der Waals surface area contributed by atoms with Gasteiger partial charge < -0.3 is 20.3 Å². The molecule has 9 heteroatoms. The Bertz CT molecular complexity index is 1510. The van der Waals surface area contributed by atoms with E-state index in [9.17, 15) is 8.42 Å². The minimum absolute atomic E-state index is 0.0257. The quantitative estimate of drug-likeness (QED) is 0.336. The largest absolute Gasteiger partial charge is 0.376 e. The van der Waals surface area contributed by atoms with Gasteiger partial charge in [-0.25, -0.2) is 13.4 Å². The summed E-state index contributed by atoms with van der Waals surface area (Å²) in [6.45, 7) is 15.1. The lowest BCUT2D eigenvalue weighted by molar-refractivity contribution is -0.0151. The van der Waals surface area contributed by atoms with Crippen molar-refractivity contribution in [1.29, 1.82) is 0 Å². The summed E-state index contributed by atoms with van der Waals surface area (Å²) in [6, 6.07) is 13.5. The molecule has 0 radical (unpaired) electrons.